The van der Waals surface area contributed by atoms with Crippen molar-refractivity contribution in [3.8, 4) is 0 Å². The van der Waals surface area contributed by atoms with E-state index in [1.807, 2.05) is 0 Å². The number of aromatic nitrogens is 1. The lowest BCUT2D eigenvalue weighted by molar-refractivity contribution is -0.117. The van der Waals surface area contributed by atoms with E-state index in [2.05, 4.69) is 16.1 Å². The van der Waals surface area contributed by atoms with Crippen LogP contribution in [0.25, 0.3) is 0 Å². The first kappa shape index (κ1) is 23.4. The molecule has 0 atom stereocenters. The first-order valence-corrected chi connectivity index (χ1v) is 10.6. The summed E-state index contributed by atoms with van der Waals surface area (Å²) >= 11 is 0. The van der Waals surface area contributed by atoms with Crippen molar-refractivity contribution in [1.29, 1.82) is 0 Å². The van der Waals surface area contributed by atoms with Crippen LogP contribution >= 0.6 is 0 Å². The topological polar surface area (TPSA) is 144 Å². The Kier molecular flexibility index (Phi) is 5.86. The highest BCUT2D eigenvalue weighted by Crippen LogP contribution is 2.40. The van der Waals surface area contributed by atoms with Crippen molar-refractivity contribution < 1.29 is 27.6 Å². The van der Waals surface area contributed by atoms with Crippen LogP contribution in [0, 0.1) is 24.4 Å². The lowest BCUT2D eigenvalue weighted by Gasteiger charge is -2.19. The number of amides is 2. The van der Waals surface area contributed by atoms with Gasteiger partial charge in [0, 0.05) is 30.6 Å². The maximum absolute atomic E-state index is 14.0. The van der Waals surface area contributed by atoms with Gasteiger partial charge in [-0.05, 0) is 38.2 Å². The second-order valence-corrected chi connectivity index (χ2v) is 8.34. The molecule has 4 rings (SSSR count). The van der Waals surface area contributed by atoms with Gasteiger partial charge in [-0.1, -0.05) is 0 Å². The van der Waals surface area contributed by atoms with E-state index in [1.165, 1.54) is 13.1 Å². The molecule has 1 aliphatic heterocycles. The fraction of sp³-hybridized carbons (Fsp3) is 0.318. The zero-order valence-corrected chi connectivity index (χ0v) is 18.2. The number of nitrogens with one attached hydrogen (secondary N) is 3. The molecule has 1 saturated carbocycles. The number of rotatable bonds is 7. The second kappa shape index (κ2) is 8.52. The maximum Gasteiger partial charge on any atom is 0.293 e. The molecule has 1 fully saturated rings. The number of halogens is 3. The maximum atomic E-state index is 14.0. The number of hydrogen-bond acceptors (Lipinski definition) is 6. The molecule has 1 aromatic heterocycles. The van der Waals surface area contributed by atoms with Crippen molar-refractivity contribution in [3.05, 3.63) is 64.0 Å². The Morgan fingerprint density at radius 3 is 2.41 bits per heavy atom. The van der Waals surface area contributed by atoms with Crippen LogP contribution in [0.5, 0.6) is 0 Å². The summed E-state index contributed by atoms with van der Waals surface area (Å²) in [5.74, 6) is -0.950. The largest absolute Gasteiger partial charge is 0.403 e. The molecule has 0 saturated heterocycles. The summed E-state index contributed by atoms with van der Waals surface area (Å²) in [6.07, 6.45) is 3.38. The van der Waals surface area contributed by atoms with Gasteiger partial charge in [-0.3, -0.25) is 20.2 Å². The van der Waals surface area contributed by atoms with Crippen LogP contribution in [0.4, 0.5) is 18.9 Å². The predicted molar refractivity (Wildman–Crippen MR) is 116 cm³/mol. The average molecular weight is 476 g/mol. The van der Waals surface area contributed by atoms with Crippen molar-refractivity contribution in [3.63, 3.8) is 0 Å². The van der Waals surface area contributed by atoms with Crippen molar-refractivity contribution in [2.45, 2.75) is 44.7 Å². The third-order valence-electron chi connectivity index (χ3n) is 6.26. The lowest BCUT2D eigenvalue weighted by atomic mass is 10.0. The van der Waals surface area contributed by atoms with Crippen molar-refractivity contribution in [2.24, 2.45) is 11.6 Å². The summed E-state index contributed by atoms with van der Waals surface area (Å²) in [5.41, 5.74) is 7.79. The molecule has 2 aromatic rings. The fourth-order valence-corrected chi connectivity index (χ4v) is 4.43. The molecule has 180 valence electrons. The Labute approximate surface area is 192 Å². The number of hydrogen-bond donors (Lipinski definition) is 5. The SMILES string of the molecule is Cc1c(C(=O)C(=O)NC2(/C(=C/N)NN)CC2)c2n(c1C(=O)Nc1cc(F)c(F)cc1F)CCC2. The van der Waals surface area contributed by atoms with Crippen molar-refractivity contribution in [2.75, 3.05) is 5.32 Å². The summed E-state index contributed by atoms with van der Waals surface area (Å²) in [6, 6.07) is 0.863. The van der Waals surface area contributed by atoms with Crippen LogP contribution in [0.3, 0.4) is 0 Å². The van der Waals surface area contributed by atoms with Gasteiger partial charge in [0.15, 0.2) is 11.6 Å². The molecule has 9 nitrogen and oxygen atoms in total. The van der Waals surface area contributed by atoms with Crippen LogP contribution in [-0.4, -0.2) is 27.7 Å². The van der Waals surface area contributed by atoms with Gasteiger partial charge in [-0.2, -0.15) is 0 Å². The second-order valence-electron chi connectivity index (χ2n) is 8.34. The standard InChI is InChI=1S/C22H23F3N6O3/c1-10-17(19(32)21(34)29-22(4-5-22)16(9-26)30-27)15-3-2-6-31(15)18(10)20(33)28-14-8-12(24)11(23)7-13(14)25/h7-9,30H,2-6,26-27H2,1H3,(H,28,33)(H,29,34)/b16-9-. The predicted octanol–water partition coefficient (Wildman–Crippen LogP) is 1.51. The van der Waals surface area contributed by atoms with Crippen molar-refractivity contribution in [1.82, 2.24) is 15.3 Å². The number of fused-ring (bicyclic) bond motifs is 1. The van der Waals surface area contributed by atoms with Gasteiger partial charge in [-0.25, -0.2) is 13.2 Å². The number of carbonyl (C=O) groups is 3. The zero-order chi connectivity index (χ0) is 24.8. The summed E-state index contributed by atoms with van der Waals surface area (Å²) in [6.45, 7) is 1.90. The minimum Gasteiger partial charge on any atom is -0.403 e. The Hall–Kier alpha value is -3.80. The molecule has 0 radical (unpaired) electrons. The van der Waals surface area contributed by atoms with Crippen molar-refractivity contribution >= 4 is 23.3 Å². The number of hydrazine groups is 1. The van der Waals surface area contributed by atoms with Gasteiger partial charge in [-0.15, -0.1) is 0 Å². The van der Waals surface area contributed by atoms with Crippen LogP contribution < -0.4 is 27.6 Å². The van der Waals surface area contributed by atoms with Gasteiger partial charge in [0.25, 0.3) is 17.6 Å². The molecule has 34 heavy (non-hydrogen) atoms. The number of nitrogens with zero attached hydrogens (tertiary/aromatic N) is 1. The van der Waals surface area contributed by atoms with Gasteiger partial charge in [0.05, 0.1) is 22.5 Å². The van der Waals surface area contributed by atoms with E-state index < -0.39 is 46.3 Å². The Morgan fingerprint density at radius 2 is 1.79 bits per heavy atom. The van der Waals surface area contributed by atoms with Gasteiger partial charge in [0.2, 0.25) is 0 Å². The van der Waals surface area contributed by atoms with E-state index in [9.17, 15) is 27.6 Å². The summed E-state index contributed by atoms with van der Waals surface area (Å²) in [4.78, 5) is 39.0. The Bertz CT molecular complexity index is 1250. The fourth-order valence-electron chi connectivity index (χ4n) is 4.43. The Morgan fingerprint density at radius 1 is 1.12 bits per heavy atom. The first-order valence-electron chi connectivity index (χ1n) is 10.6. The van der Waals surface area contributed by atoms with E-state index in [0.29, 0.717) is 55.8 Å². The van der Waals surface area contributed by atoms with E-state index in [4.69, 9.17) is 11.6 Å². The molecule has 0 unspecified atom stereocenters. The number of ketones is 1. The number of anilines is 1. The van der Waals surface area contributed by atoms with E-state index >= 15 is 0 Å². The minimum absolute atomic E-state index is 0.0417. The highest BCUT2D eigenvalue weighted by Gasteiger charge is 2.49. The smallest absolute Gasteiger partial charge is 0.293 e. The normalized spacial score (nSPS) is 16.1. The lowest BCUT2D eigenvalue weighted by Crippen LogP contribution is -2.47. The molecule has 2 heterocycles. The summed E-state index contributed by atoms with van der Waals surface area (Å²) < 4.78 is 42.4. The molecule has 2 amide bonds. The molecule has 0 spiro atoms. The van der Waals surface area contributed by atoms with Crippen LogP contribution in [0.2, 0.25) is 0 Å². The Balaban J connectivity index is 1.64. The summed E-state index contributed by atoms with van der Waals surface area (Å²) in [7, 11) is 0. The quantitative estimate of drug-likeness (QED) is 0.135. The highest BCUT2D eigenvalue weighted by atomic mass is 19.2. The van der Waals surface area contributed by atoms with Crippen LogP contribution in [-0.2, 0) is 17.8 Å². The van der Waals surface area contributed by atoms with Crippen LogP contribution in [0.15, 0.2) is 24.0 Å². The van der Waals surface area contributed by atoms with Gasteiger partial charge in [0.1, 0.15) is 11.5 Å². The molecule has 2 aliphatic rings. The zero-order valence-electron chi connectivity index (χ0n) is 18.2. The van der Waals surface area contributed by atoms with E-state index in [0.717, 1.165) is 0 Å². The average Bonchev–Trinajstić information content (AvgIpc) is 3.30. The van der Waals surface area contributed by atoms with Gasteiger partial charge >= 0.3 is 0 Å². The van der Waals surface area contributed by atoms with Crippen LogP contribution in [0.1, 0.15) is 51.4 Å². The number of nitrogens with two attached hydrogens (primary N) is 2. The highest BCUT2D eigenvalue weighted by molar-refractivity contribution is 6.44. The van der Waals surface area contributed by atoms with E-state index in [1.54, 1.807) is 4.57 Å². The molecule has 7 N–H and O–H groups in total. The number of Topliss-reactive ketones (excluding diaryl/α,β-unsaturated/α-hetero) is 1. The molecule has 1 aliphatic carbocycles. The molecule has 12 heteroatoms. The number of benzene rings is 1. The monoisotopic (exact) mass is 476 g/mol. The number of carbonyl (C=O) groups excluding carboxylic acids is 3. The molecular formula is C22H23F3N6O3. The minimum atomic E-state index is -1.39. The molecular weight excluding hydrogens is 453 g/mol. The third-order valence-corrected chi connectivity index (χ3v) is 6.26. The third kappa shape index (κ3) is 3.79. The molecule has 1 aromatic carbocycles. The molecule has 0 bridgehead atoms. The van der Waals surface area contributed by atoms with Gasteiger partial charge < -0.3 is 26.4 Å². The summed E-state index contributed by atoms with van der Waals surface area (Å²) in [5, 5.41) is 4.90. The van der Waals surface area contributed by atoms with E-state index in [-0.39, 0.29) is 16.8 Å². The first-order chi connectivity index (χ1) is 16.1.